The largest absolute Gasteiger partial charge is 0.309 e. The average molecular weight is 484 g/mol. The summed E-state index contributed by atoms with van der Waals surface area (Å²) in [4.78, 5) is 3.63. The van der Waals surface area contributed by atoms with Crippen LogP contribution in [0.25, 0.3) is 59.8 Å². The summed E-state index contributed by atoms with van der Waals surface area (Å²) >= 11 is 0. The summed E-state index contributed by atoms with van der Waals surface area (Å²) in [7, 11) is 0. The molecule has 0 atom stereocenters. The van der Waals surface area contributed by atoms with Crippen LogP contribution in [0.15, 0.2) is 103 Å². The molecular weight excluding hydrogens is 466 g/mol. The Bertz CT molecular complexity index is 2080. The number of fused-ring (bicyclic) bond motifs is 6. The van der Waals surface area contributed by atoms with Gasteiger partial charge in [0, 0.05) is 27.5 Å². The van der Waals surface area contributed by atoms with Gasteiger partial charge in [0.05, 0.1) is 51.9 Å². The summed E-state index contributed by atoms with van der Waals surface area (Å²) in [6.07, 6.45) is 0. The van der Waals surface area contributed by atoms with Crippen LogP contribution in [0.2, 0.25) is 0 Å². The van der Waals surface area contributed by atoms with Crippen molar-refractivity contribution in [1.82, 2.24) is 9.13 Å². The molecule has 0 aliphatic heterocycles. The number of hydrogen-bond donors (Lipinski definition) is 0. The molecule has 0 fully saturated rings. The second-order valence-corrected chi connectivity index (χ2v) is 9.21. The van der Waals surface area contributed by atoms with E-state index in [1.807, 2.05) is 72.8 Å². The van der Waals surface area contributed by atoms with E-state index in [0.29, 0.717) is 16.8 Å². The zero-order valence-corrected chi connectivity index (χ0v) is 20.1. The summed E-state index contributed by atoms with van der Waals surface area (Å²) in [5.41, 5.74) is 7.41. The van der Waals surface area contributed by atoms with Gasteiger partial charge in [-0.1, -0.05) is 42.5 Å². The molecule has 2 heterocycles. The number of hydrogen-bond acceptors (Lipinski definition) is 2. The van der Waals surface area contributed by atoms with Crippen LogP contribution < -0.4 is 0 Å². The average Bonchev–Trinajstić information content (AvgIpc) is 3.49. The topological polar surface area (TPSA) is 61.8 Å². The lowest BCUT2D eigenvalue weighted by Gasteiger charge is -2.14. The molecule has 2 aromatic heterocycles. The van der Waals surface area contributed by atoms with Crippen molar-refractivity contribution in [2.24, 2.45) is 0 Å². The highest BCUT2D eigenvalue weighted by Crippen LogP contribution is 2.37. The quantitative estimate of drug-likeness (QED) is 0.233. The normalized spacial score (nSPS) is 11.1. The minimum Gasteiger partial charge on any atom is -0.309 e. The Balaban J connectivity index is 1.58. The van der Waals surface area contributed by atoms with Crippen molar-refractivity contribution < 1.29 is 0 Å². The van der Waals surface area contributed by atoms with Gasteiger partial charge in [0.2, 0.25) is 0 Å². The Morgan fingerprint density at radius 2 is 1.05 bits per heavy atom. The summed E-state index contributed by atoms with van der Waals surface area (Å²) in [5.74, 6) is 0. The van der Waals surface area contributed by atoms with Gasteiger partial charge in [-0.05, 0) is 66.0 Å². The van der Waals surface area contributed by atoms with Crippen molar-refractivity contribution in [3.05, 3.63) is 126 Å². The Morgan fingerprint density at radius 3 is 1.63 bits per heavy atom. The molecule has 0 bridgehead atoms. The highest BCUT2D eigenvalue weighted by Gasteiger charge is 2.17. The molecule has 7 aromatic rings. The molecule has 5 nitrogen and oxygen atoms in total. The molecule has 0 spiro atoms. The van der Waals surface area contributed by atoms with Gasteiger partial charge < -0.3 is 9.13 Å². The molecule has 5 heteroatoms. The maximum atomic E-state index is 10.0. The van der Waals surface area contributed by atoms with Crippen LogP contribution in [0.3, 0.4) is 0 Å². The smallest absolute Gasteiger partial charge is 0.188 e. The summed E-state index contributed by atoms with van der Waals surface area (Å²) in [5, 5.41) is 23.6. The molecule has 0 amide bonds. The zero-order valence-electron chi connectivity index (χ0n) is 20.1. The summed E-state index contributed by atoms with van der Waals surface area (Å²) in [6, 6.07) is 38.2. The lowest BCUT2D eigenvalue weighted by Crippen LogP contribution is -2.00. The van der Waals surface area contributed by atoms with Gasteiger partial charge in [-0.2, -0.15) is 10.5 Å². The summed E-state index contributed by atoms with van der Waals surface area (Å²) in [6.45, 7) is 7.48. The van der Waals surface area contributed by atoms with Gasteiger partial charge in [-0.15, -0.1) is 0 Å². The molecule has 0 radical (unpaired) electrons. The number of benzene rings is 5. The van der Waals surface area contributed by atoms with Crippen molar-refractivity contribution >= 4 is 49.3 Å². The third-order valence-corrected chi connectivity index (χ3v) is 7.13. The first-order valence-corrected chi connectivity index (χ1v) is 12.1. The van der Waals surface area contributed by atoms with E-state index in [0.717, 1.165) is 55.0 Å². The Kier molecular flexibility index (Phi) is 4.57. The maximum absolute atomic E-state index is 10.0. The van der Waals surface area contributed by atoms with Crippen LogP contribution in [0.4, 0.5) is 5.69 Å². The van der Waals surface area contributed by atoms with Gasteiger partial charge in [-0.3, -0.25) is 0 Å². The first-order valence-electron chi connectivity index (χ1n) is 12.1. The van der Waals surface area contributed by atoms with Crippen LogP contribution in [-0.2, 0) is 0 Å². The lowest BCUT2D eigenvalue weighted by atomic mass is 10.1. The van der Waals surface area contributed by atoms with E-state index in [1.54, 1.807) is 0 Å². The highest BCUT2D eigenvalue weighted by atomic mass is 15.0. The molecule has 7 rings (SSSR count). The van der Waals surface area contributed by atoms with Crippen molar-refractivity contribution in [3.8, 4) is 23.5 Å². The molecule has 38 heavy (non-hydrogen) atoms. The minimum atomic E-state index is 0.542. The van der Waals surface area contributed by atoms with E-state index in [1.165, 1.54) is 0 Å². The van der Waals surface area contributed by atoms with E-state index in [-0.39, 0.29) is 0 Å². The predicted molar refractivity (Wildman–Crippen MR) is 151 cm³/mol. The Labute approximate surface area is 218 Å². The molecule has 0 unspecified atom stereocenters. The zero-order chi connectivity index (χ0) is 25.8. The molecule has 0 aliphatic carbocycles. The maximum Gasteiger partial charge on any atom is 0.188 e. The first-order chi connectivity index (χ1) is 18.7. The number of aromatic nitrogens is 2. The molecule has 174 valence electrons. The molecule has 5 aromatic carbocycles. The van der Waals surface area contributed by atoms with Crippen LogP contribution >= 0.6 is 0 Å². The van der Waals surface area contributed by atoms with Crippen LogP contribution in [0.5, 0.6) is 0 Å². The fourth-order valence-electron chi connectivity index (χ4n) is 5.55. The number of nitriles is 2. The monoisotopic (exact) mass is 483 g/mol. The van der Waals surface area contributed by atoms with Gasteiger partial charge in [-0.25, -0.2) is 4.85 Å². The van der Waals surface area contributed by atoms with Crippen LogP contribution in [0, 0.1) is 29.2 Å². The van der Waals surface area contributed by atoms with Gasteiger partial charge >= 0.3 is 0 Å². The highest BCUT2D eigenvalue weighted by molar-refractivity contribution is 6.11. The molecule has 0 aliphatic rings. The van der Waals surface area contributed by atoms with Crippen LogP contribution in [-0.4, -0.2) is 9.13 Å². The predicted octanol–water partition coefficient (Wildman–Crippen LogP) is 8.17. The second kappa shape index (κ2) is 8.10. The number of para-hydroxylation sites is 2. The molecular formula is C33H17N5. The lowest BCUT2D eigenvalue weighted by molar-refractivity contribution is 1.13. The van der Waals surface area contributed by atoms with Crippen molar-refractivity contribution in [1.29, 1.82) is 10.5 Å². The van der Waals surface area contributed by atoms with Gasteiger partial charge in [0.1, 0.15) is 0 Å². The fourth-order valence-corrected chi connectivity index (χ4v) is 5.55. The Hall–Kier alpha value is -5.83. The molecule has 0 saturated heterocycles. The van der Waals surface area contributed by atoms with Crippen LogP contribution in [0.1, 0.15) is 11.1 Å². The van der Waals surface area contributed by atoms with E-state index >= 15 is 0 Å². The van der Waals surface area contributed by atoms with Gasteiger partial charge in [0.25, 0.3) is 0 Å². The number of nitrogens with zero attached hydrogens (tertiary/aromatic N) is 5. The third kappa shape index (κ3) is 3.02. The Morgan fingerprint density at radius 1 is 0.526 bits per heavy atom. The second-order valence-electron chi connectivity index (χ2n) is 9.21. The minimum absolute atomic E-state index is 0.542. The fraction of sp³-hybridized carbons (Fsp3) is 0. The standard InChI is InChI=1S/C33H17N5/c1-36-23-11-13-33-29(17-23)27-7-3-5-9-31(27)38(33)25-15-22(20-35)14-24(18-25)37-30-8-4-2-6-26(30)28-16-21(19-34)10-12-32(28)37/h2-18H. The third-order valence-electron chi connectivity index (χ3n) is 7.13. The van der Waals surface area contributed by atoms with Crippen molar-refractivity contribution in [2.45, 2.75) is 0 Å². The molecule has 0 N–H and O–H groups in total. The SMILES string of the molecule is [C-]#[N+]c1ccc2c(c1)c1ccccc1n2-c1cc(C#N)cc(-n2c3ccccc3c3cc(C#N)ccc32)c1. The van der Waals surface area contributed by atoms with Crippen molar-refractivity contribution in [2.75, 3.05) is 0 Å². The van der Waals surface area contributed by atoms with Crippen molar-refractivity contribution in [3.63, 3.8) is 0 Å². The molecule has 0 saturated carbocycles. The van der Waals surface area contributed by atoms with E-state index in [9.17, 15) is 10.5 Å². The van der Waals surface area contributed by atoms with E-state index in [2.05, 4.69) is 56.4 Å². The summed E-state index contributed by atoms with van der Waals surface area (Å²) < 4.78 is 4.31. The number of rotatable bonds is 2. The first kappa shape index (κ1) is 21.5. The van der Waals surface area contributed by atoms with E-state index < -0.39 is 0 Å². The van der Waals surface area contributed by atoms with Gasteiger partial charge in [0.15, 0.2) is 5.69 Å². The van der Waals surface area contributed by atoms with E-state index in [4.69, 9.17) is 6.57 Å².